The monoisotopic (exact) mass is 366 g/mol. The summed E-state index contributed by atoms with van der Waals surface area (Å²) < 4.78 is 23.3. The van der Waals surface area contributed by atoms with E-state index in [9.17, 15) is 13.2 Å². The molecule has 0 aliphatic carbocycles. The summed E-state index contributed by atoms with van der Waals surface area (Å²) in [5, 5.41) is 2.97. The summed E-state index contributed by atoms with van der Waals surface area (Å²) in [7, 11) is -3.32. The highest BCUT2D eigenvalue weighted by Crippen LogP contribution is 2.27. The Labute approximate surface area is 151 Å². The maximum Gasteiger partial charge on any atom is 0.251 e. The largest absolute Gasteiger partial charge is 0.350 e. The molecule has 2 rings (SSSR count). The molecular weight excluding hydrogens is 336 g/mol. The first kappa shape index (κ1) is 19.9. The lowest BCUT2D eigenvalue weighted by atomic mass is 9.88. The van der Waals surface area contributed by atoms with Crippen molar-refractivity contribution in [2.45, 2.75) is 44.6 Å². The van der Waals surface area contributed by atoms with Crippen LogP contribution in [0.3, 0.4) is 0 Å². The first-order chi connectivity index (χ1) is 11.5. The summed E-state index contributed by atoms with van der Waals surface area (Å²) in [6.45, 7) is 11.4. The average molecular weight is 367 g/mol. The number of piperidine rings is 1. The maximum atomic E-state index is 12.5. The van der Waals surface area contributed by atoms with Crippen LogP contribution in [-0.2, 0) is 9.84 Å². The van der Waals surface area contributed by atoms with Crippen molar-refractivity contribution in [1.29, 1.82) is 0 Å². The van der Waals surface area contributed by atoms with Crippen molar-refractivity contribution >= 4 is 15.7 Å². The fraction of sp³-hybridized carbons (Fsp3) is 0.632. The summed E-state index contributed by atoms with van der Waals surface area (Å²) in [5.74, 6) is 1.08. The molecule has 5 nitrogen and oxygen atoms in total. The van der Waals surface area contributed by atoms with Gasteiger partial charge in [0.15, 0.2) is 9.84 Å². The lowest BCUT2D eigenvalue weighted by molar-refractivity contribution is 0.0445. The quantitative estimate of drug-likeness (QED) is 0.870. The molecule has 0 radical (unpaired) electrons. The summed E-state index contributed by atoms with van der Waals surface area (Å²) in [6.07, 6.45) is 2.39. The zero-order valence-corrected chi connectivity index (χ0v) is 16.7. The normalized spacial score (nSPS) is 22.6. The molecule has 1 aliphatic rings. The minimum absolute atomic E-state index is 0.146. The molecule has 0 bridgehead atoms. The summed E-state index contributed by atoms with van der Waals surface area (Å²) in [5.41, 5.74) is 0.228. The van der Waals surface area contributed by atoms with Gasteiger partial charge in [0, 0.05) is 37.0 Å². The zero-order chi connectivity index (χ0) is 18.8. The zero-order valence-electron chi connectivity index (χ0n) is 15.9. The third-order valence-electron chi connectivity index (χ3n) is 4.93. The minimum atomic E-state index is -3.32. The number of likely N-dealkylation sites (tertiary alicyclic amines) is 1. The Bertz CT molecular complexity index is 718. The van der Waals surface area contributed by atoms with Crippen molar-refractivity contribution in [3.8, 4) is 0 Å². The van der Waals surface area contributed by atoms with Gasteiger partial charge in [-0.05, 0) is 50.3 Å². The number of carbonyl (C=O) groups is 1. The van der Waals surface area contributed by atoms with Crippen LogP contribution in [0.2, 0.25) is 0 Å². The van der Waals surface area contributed by atoms with Gasteiger partial charge in [0.2, 0.25) is 0 Å². The molecule has 1 saturated heterocycles. The van der Waals surface area contributed by atoms with Crippen molar-refractivity contribution in [3.05, 3.63) is 29.8 Å². The van der Waals surface area contributed by atoms with Crippen LogP contribution < -0.4 is 5.32 Å². The number of rotatable bonds is 5. The van der Waals surface area contributed by atoms with Crippen LogP contribution in [0, 0.1) is 11.8 Å². The third kappa shape index (κ3) is 5.28. The number of sulfone groups is 1. The fourth-order valence-corrected chi connectivity index (χ4v) is 4.20. The van der Waals surface area contributed by atoms with E-state index in [1.165, 1.54) is 18.6 Å². The smallest absolute Gasteiger partial charge is 0.251 e. The van der Waals surface area contributed by atoms with E-state index >= 15 is 0 Å². The SMILES string of the molecule is CC1CC(C)CN(C(C)(C)CNC(=O)c2cccc(S(C)(=O)=O)c2)C1. The molecule has 1 aromatic carbocycles. The van der Waals surface area contributed by atoms with Crippen LogP contribution >= 0.6 is 0 Å². The van der Waals surface area contributed by atoms with Crippen molar-refractivity contribution in [1.82, 2.24) is 10.2 Å². The predicted molar refractivity (Wildman–Crippen MR) is 100 cm³/mol. The minimum Gasteiger partial charge on any atom is -0.350 e. The summed E-state index contributed by atoms with van der Waals surface area (Å²) in [4.78, 5) is 15.1. The Morgan fingerprint density at radius 2 is 1.84 bits per heavy atom. The highest BCUT2D eigenvalue weighted by Gasteiger charge is 2.33. The molecule has 1 aliphatic heterocycles. The molecule has 0 saturated carbocycles. The van der Waals surface area contributed by atoms with Crippen molar-refractivity contribution in [2.24, 2.45) is 11.8 Å². The summed E-state index contributed by atoms with van der Waals surface area (Å²) >= 11 is 0. The number of nitrogens with zero attached hydrogens (tertiary/aromatic N) is 1. The van der Waals surface area contributed by atoms with E-state index in [2.05, 4.69) is 37.9 Å². The average Bonchev–Trinajstić information content (AvgIpc) is 2.51. The number of nitrogens with one attached hydrogen (secondary N) is 1. The standard InChI is InChI=1S/C19H30N2O3S/c1-14-9-15(2)12-21(11-14)19(3,4)13-20-18(22)16-7-6-8-17(10-16)25(5,23)24/h6-8,10,14-15H,9,11-13H2,1-5H3,(H,20,22). The van der Waals surface area contributed by atoms with Crippen LogP contribution in [0.15, 0.2) is 29.2 Å². The number of carbonyl (C=O) groups excluding carboxylic acids is 1. The Morgan fingerprint density at radius 3 is 2.40 bits per heavy atom. The molecule has 0 aromatic heterocycles. The lowest BCUT2D eigenvalue weighted by Crippen LogP contribution is -2.56. The topological polar surface area (TPSA) is 66.5 Å². The summed E-state index contributed by atoms with van der Waals surface area (Å²) in [6, 6.07) is 6.18. The number of hydrogen-bond acceptors (Lipinski definition) is 4. The van der Waals surface area contributed by atoms with Gasteiger partial charge in [-0.2, -0.15) is 0 Å². The van der Waals surface area contributed by atoms with Gasteiger partial charge in [0.05, 0.1) is 4.90 Å². The van der Waals surface area contributed by atoms with Crippen LogP contribution in [0.1, 0.15) is 44.5 Å². The molecule has 1 aromatic rings. The predicted octanol–water partition coefficient (Wildman–Crippen LogP) is 2.58. The van der Waals surface area contributed by atoms with E-state index in [1.54, 1.807) is 12.1 Å². The van der Waals surface area contributed by atoms with Gasteiger partial charge in [-0.25, -0.2) is 8.42 Å². The van der Waals surface area contributed by atoms with E-state index in [0.717, 1.165) is 19.3 Å². The van der Waals surface area contributed by atoms with Gasteiger partial charge < -0.3 is 5.32 Å². The van der Waals surface area contributed by atoms with E-state index in [4.69, 9.17) is 0 Å². The molecule has 0 spiro atoms. The Morgan fingerprint density at radius 1 is 1.24 bits per heavy atom. The van der Waals surface area contributed by atoms with E-state index in [-0.39, 0.29) is 16.3 Å². The van der Waals surface area contributed by atoms with Crippen LogP contribution in [-0.4, -0.2) is 50.7 Å². The molecule has 2 atom stereocenters. The number of hydrogen-bond donors (Lipinski definition) is 1. The molecule has 1 heterocycles. The van der Waals surface area contributed by atoms with E-state index in [0.29, 0.717) is 23.9 Å². The van der Waals surface area contributed by atoms with Crippen LogP contribution in [0.25, 0.3) is 0 Å². The maximum absolute atomic E-state index is 12.5. The molecule has 6 heteroatoms. The third-order valence-corrected chi connectivity index (χ3v) is 6.04. The highest BCUT2D eigenvalue weighted by molar-refractivity contribution is 7.90. The molecule has 1 N–H and O–H groups in total. The van der Waals surface area contributed by atoms with E-state index < -0.39 is 9.84 Å². The fourth-order valence-electron chi connectivity index (χ4n) is 3.54. The number of benzene rings is 1. The van der Waals surface area contributed by atoms with Crippen LogP contribution in [0.5, 0.6) is 0 Å². The molecular formula is C19H30N2O3S. The van der Waals surface area contributed by atoms with Gasteiger partial charge in [0.25, 0.3) is 5.91 Å². The molecule has 140 valence electrons. The Hall–Kier alpha value is -1.40. The van der Waals surface area contributed by atoms with Crippen molar-refractivity contribution in [2.75, 3.05) is 25.9 Å². The first-order valence-electron chi connectivity index (χ1n) is 8.82. The van der Waals surface area contributed by atoms with Gasteiger partial charge in [-0.15, -0.1) is 0 Å². The second kappa shape index (κ2) is 7.46. The highest BCUT2D eigenvalue weighted by atomic mass is 32.2. The first-order valence-corrected chi connectivity index (χ1v) is 10.7. The van der Waals surface area contributed by atoms with Gasteiger partial charge >= 0.3 is 0 Å². The van der Waals surface area contributed by atoms with Gasteiger partial charge in [-0.3, -0.25) is 9.69 Å². The second-order valence-electron chi connectivity index (χ2n) is 8.15. The molecule has 1 amide bonds. The molecule has 2 unspecified atom stereocenters. The van der Waals surface area contributed by atoms with Gasteiger partial charge in [-0.1, -0.05) is 19.9 Å². The van der Waals surface area contributed by atoms with Gasteiger partial charge in [0.1, 0.15) is 0 Å². The molecule has 25 heavy (non-hydrogen) atoms. The van der Waals surface area contributed by atoms with Crippen molar-refractivity contribution < 1.29 is 13.2 Å². The Kier molecular flexibility index (Phi) is 5.94. The van der Waals surface area contributed by atoms with Crippen LogP contribution in [0.4, 0.5) is 0 Å². The lowest BCUT2D eigenvalue weighted by Gasteiger charge is -2.45. The van der Waals surface area contributed by atoms with E-state index in [1.807, 2.05) is 0 Å². The second-order valence-corrected chi connectivity index (χ2v) is 10.2. The molecule has 1 fully saturated rings. The Balaban J connectivity index is 2.04. The van der Waals surface area contributed by atoms with Crippen molar-refractivity contribution in [3.63, 3.8) is 0 Å². The number of amides is 1.